The van der Waals surface area contributed by atoms with Gasteiger partial charge in [-0.1, -0.05) is 86.6 Å². The molecule has 180 valence electrons. The molecule has 0 bridgehead atoms. The number of carbonyl (C=O) groups is 3. The van der Waals surface area contributed by atoms with E-state index < -0.39 is 12.1 Å². The standard InChI is InChI=1S/C29H30N2O4/c1-19(2)28(33)27(31-18-32)15-20-11-13-21(14-12-20)16-30-29(34)35-17-26-24-9-5-3-7-22(24)23-8-4-6-10-25(23)26/h3-14,18-19,26-27H,15-17H2,1-2H3,(H,30,34)(H,31,32)/t27-/m0/s1. The second-order valence-corrected chi connectivity index (χ2v) is 9.09. The largest absolute Gasteiger partial charge is 0.449 e. The number of hydrogen-bond acceptors (Lipinski definition) is 4. The molecule has 1 aliphatic carbocycles. The fourth-order valence-electron chi connectivity index (χ4n) is 4.58. The number of hydrogen-bond donors (Lipinski definition) is 2. The van der Waals surface area contributed by atoms with Crippen molar-refractivity contribution in [3.05, 3.63) is 95.1 Å². The van der Waals surface area contributed by atoms with Gasteiger partial charge in [-0.15, -0.1) is 0 Å². The van der Waals surface area contributed by atoms with Crippen molar-refractivity contribution >= 4 is 18.3 Å². The monoisotopic (exact) mass is 470 g/mol. The summed E-state index contributed by atoms with van der Waals surface area (Å²) >= 11 is 0. The van der Waals surface area contributed by atoms with Crippen LogP contribution in [0.15, 0.2) is 72.8 Å². The van der Waals surface area contributed by atoms with E-state index in [0.29, 0.717) is 19.4 Å². The smallest absolute Gasteiger partial charge is 0.407 e. The molecule has 6 heteroatoms. The molecule has 0 saturated carbocycles. The second kappa shape index (κ2) is 11.0. The predicted molar refractivity (Wildman–Crippen MR) is 135 cm³/mol. The highest BCUT2D eigenvalue weighted by Crippen LogP contribution is 2.44. The first kappa shape index (κ1) is 24.2. The Morgan fingerprint density at radius 2 is 1.46 bits per heavy atom. The molecule has 2 N–H and O–H groups in total. The van der Waals surface area contributed by atoms with Crippen molar-refractivity contribution in [3.63, 3.8) is 0 Å². The number of benzene rings is 3. The van der Waals surface area contributed by atoms with Gasteiger partial charge >= 0.3 is 6.09 Å². The van der Waals surface area contributed by atoms with E-state index in [9.17, 15) is 14.4 Å². The molecule has 0 radical (unpaired) electrons. The quantitative estimate of drug-likeness (QED) is 0.424. The first-order chi connectivity index (χ1) is 17.0. The maximum absolute atomic E-state index is 12.4. The van der Waals surface area contributed by atoms with Crippen molar-refractivity contribution in [1.29, 1.82) is 0 Å². The maximum Gasteiger partial charge on any atom is 0.407 e. The highest BCUT2D eigenvalue weighted by Gasteiger charge is 2.29. The third kappa shape index (κ3) is 5.60. The summed E-state index contributed by atoms with van der Waals surface area (Å²) in [6, 6.07) is 23.5. The minimum absolute atomic E-state index is 0.00176. The van der Waals surface area contributed by atoms with Crippen molar-refractivity contribution in [1.82, 2.24) is 10.6 Å². The first-order valence-corrected chi connectivity index (χ1v) is 11.9. The number of carbonyl (C=O) groups excluding carboxylic acids is 3. The third-order valence-electron chi connectivity index (χ3n) is 6.43. The van der Waals surface area contributed by atoms with Gasteiger partial charge in [0.05, 0.1) is 6.04 Å². The number of ketones is 1. The Balaban J connectivity index is 1.30. The summed E-state index contributed by atoms with van der Waals surface area (Å²) in [6.07, 6.45) is 0.529. The summed E-state index contributed by atoms with van der Waals surface area (Å²) in [7, 11) is 0. The number of ether oxygens (including phenoxy) is 1. The Labute approximate surface area is 205 Å². The van der Waals surface area contributed by atoms with Crippen LogP contribution in [0, 0.1) is 5.92 Å². The number of Topliss-reactive ketones (excluding diaryl/α,β-unsaturated/α-hetero) is 1. The van der Waals surface area contributed by atoms with Crippen LogP contribution in [0.3, 0.4) is 0 Å². The van der Waals surface area contributed by atoms with Crippen LogP contribution < -0.4 is 10.6 Å². The number of amides is 2. The zero-order valence-electron chi connectivity index (χ0n) is 20.0. The molecule has 0 saturated heterocycles. The van der Waals surface area contributed by atoms with E-state index in [0.717, 1.165) is 11.1 Å². The van der Waals surface area contributed by atoms with E-state index in [1.165, 1.54) is 22.3 Å². The highest BCUT2D eigenvalue weighted by molar-refractivity contribution is 5.87. The molecule has 0 fully saturated rings. The lowest BCUT2D eigenvalue weighted by atomic mass is 9.95. The highest BCUT2D eigenvalue weighted by atomic mass is 16.5. The Bertz CT molecular complexity index is 1160. The molecule has 0 spiro atoms. The molecule has 35 heavy (non-hydrogen) atoms. The Morgan fingerprint density at radius 1 is 0.886 bits per heavy atom. The molecule has 0 unspecified atom stereocenters. The van der Waals surface area contributed by atoms with Gasteiger partial charge in [-0.25, -0.2) is 4.79 Å². The van der Waals surface area contributed by atoms with Crippen LogP contribution in [0.1, 0.15) is 42.0 Å². The van der Waals surface area contributed by atoms with E-state index in [1.54, 1.807) is 0 Å². The number of rotatable bonds is 10. The minimum Gasteiger partial charge on any atom is -0.449 e. The zero-order valence-corrected chi connectivity index (χ0v) is 20.0. The van der Waals surface area contributed by atoms with Gasteiger partial charge in [-0.2, -0.15) is 0 Å². The second-order valence-electron chi connectivity index (χ2n) is 9.09. The van der Waals surface area contributed by atoms with Crippen molar-refractivity contribution < 1.29 is 19.1 Å². The summed E-state index contributed by atoms with van der Waals surface area (Å²) < 4.78 is 5.58. The van der Waals surface area contributed by atoms with Crippen molar-refractivity contribution in [2.75, 3.05) is 6.61 Å². The molecular formula is C29H30N2O4. The Morgan fingerprint density at radius 3 is 2.03 bits per heavy atom. The van der Waals surface area contributed by atoms with Gasteiger partial charge in [-0.3, -0.25) is 9.59 Å². The SMILES string of the molecule is CC(C)C(=O)[C@H](Cc1ccc(CNC(=O)OCC2c3ccccc3-c3ccccc32)cc1)NC=O. The van der Waals surface area contributed by atoms with Gasteiger partial charge in [0.2, 0.25) is 6.41 Å². The van der Waals surface area contributed by atoms with Gasteiger partial charge in [0.1, 0.15) is 6.61 Å². The normalized spacial score (nSPS) is 13.0. The maximum atomic E-state index is 12.4. The average molecular weight is 471 g/mol. The lowest BCUT2D eigenvalue weighted by Crippen LogP contribution is -2.40. The number of nitrogens with one attached hydrogen (secondary N) is 2. The molecule has 1 atom stereocenters. The Hall–Kier alpha value is -3.93. The molecule has 1 aliphatic rings. The minimum atomic E-state index is -0.544. The molecule has 0 aromatic heterocycles. The number of fused-ring (bicyclic) bond motifs is 3. The van der Waals surface area contributed by atoms with E-state index in [-0.39, 0.29) is 24.2 Å². The molecule has 3 aromatic carbocycles. The van der Waals surface area contributed by atoms with Gasteiger partial charge in [0, 0.05) is 18.4 Å². The number of alkyl carbamates (subject to hydrolysis) is 1. The molecular weight excluding hydrogens is 440 g/mol. The van der Waals surface area contributed by atoms with Crippen LogP contribution in [0.4, 0.5) is 4.79 Å². The summed E-state index contributed by atoms with van der Waals surface area (Å²) in [5.74, 6) is -0.139. The van der Waals surface area contributed by atoms with Crippen LogP contribution in [0.2, 0.25) is 0 Å². The van der Waals surface area contributed by atoms with E-state index in [1.807, 2.05) is 62.4 Å². The van der Waals surface area contributed by atoms with Crippen molar-refractivity contribution in [2.24, 2.45) is 5.92 Å². The van der Waals surface area contributed by atoms with Crippen LogP contribution >= 0.6 is 0 Å². The van der Waals surface area contributed by atoms with Gasteiger partial charge in [-0.05, 0) is 39.8 Å². The van der Waals surface area contributed by atoms with Crippen molar-refractivity contribution in [3.8, 4) is 11.1 Å². The zero-order chi connectivity index (χ0) is 24.8. The molecule has 2 amide bonds. The van der Waals surface area contributed by atoms with Gasteiger partial charge in [0.15, 0.2) is 5.78 Å². The lowest BCUT2D eigenvalue weighted by molar-refractivity contribution is -0.126. The fourth-order valence-corrected chi connectivity index (χ4v) is 4.58. The topological polar surface area (TPSA) is 84.5 Å². The average Bonchev–Trinajstić information content (AvgIpc) is 3.20. The first-order valence-electron chi connectivity index (χ1n) is 11.9. The summed E-state index contributed by atoms with van der Waals surface area (Å²) in [6.45, 7) is 4.24. The van der Waals surface area contributed by atoms with E-state index >= 15 is 0 Å². The van der Waals surface area contributed by atoms with Crippen LogP contribution in [0.5, 0.6) is 0 Å². The molecule has 4 rings (SSSR count). The van der Waals surface area contributed by atoms with Crippen LogP contribution in [-0.2, 0) is 27.3 Å². The molecule has 0 heterocycles. The van der Waals surface area contributed by atoms with E-state index in [2.05, 4.69) is 34.9 Å². The fraction of sp³-hybridized carbons (Fsp3) is 0.276. The van der Waals surface area contributed by atoms with Gasteiger partial charge < -0.3 is 15.4 Å². The van der Waals surface area contributed by atoms with Crippen LogP contribution in [-0.4, -0.2) is 30.9 Å². The van der Waals surface area contributed by atoms with Gasteiger partial charge in [0.25, 0.3) is 0 Å². The molecule has 6 nitrogen and oxygen atoms in total. The molecule has 3 aromatic rings. The summed E-state index contributed by atoms with van der Waals surface area (Å²) in [5.41, 5.74) is 6.59. The third-order valence-corrected chi connectivity index (χ3v) is 6.43. The van der Waals surface area contributed by atoms with Crippen LogP contribution in [0.25, 0.3) is 11.1 Å². The Kier molecular flexibility index (Phi) is 7.60. The summed E-state index contributed by atoms with van der Waals surface area (Å²) in [4.78, 5) is 35.6. The molecule has 0 aliphatic heterocycles. The lowest BCUT2D eigenvalue weighted by Gasteiger charge is -2.17. The van der Waals surface area contributed by atoms with Crippen molar-refractivity contribution in [2.45, 2.75) is 38.8 Å². The predicted octanol–water partition coefficient (Wildman–Crippen LogP) is 4.61. The van der Waals surface area contributed by atoms with E-state index in [4.69, 9.17) is 4.74 Å². The summed E-state index contributed by atoms with van der Waals surface area (Å²) in [5, 5.41) is 5.42.